The molecule has 104 valence electrons. The van der Waals surface area contributed by atoms with Gasteiger partial charge < -0.3 is 10.1 Å². The molecule has 0 spiro atoms. The molecule has 1 heterocycles. The molecule has 0 fully saturated rings. The summed E-state index contributed by atoms with van der Waals surface area (Å²) in [5.74, 6) is 0.386. The minimum Gasteiger partial charge on any atom is -0.462 e. The Morgan fingerprint density at radius 3 is 2.60 bits per heavy atom. The van der Waals surface area contributed by atoms with Gasteiger partial charge in [-0.3, -0.25) is 0 Å². The number of nitrogens with zero attached hydrogens (tertiary/aromatic N) is 1. The van der Waals surface area contributed by atoms with Gasteiger partial charge in [0, 0.05) is 12.2 Å². The van der Waals surface area contributed by atoms with Crippen molar-refractivity contribution in [2.45, 2.75) is 19.9 Å². The highest BCUT2D eigenvalue weighted by atomic mass is 16.5. The summed E-state index contributed by atoms with van der Waals surface area (Å²) in [5, 5.41) is 3.29. The van der Waals surface area contributed by atoms with E-state index in [0.29, 0.717) is 12.2 Å². The molecule has 2 rings (SSSR count). The summed E-state index contributed by atoms with van der Waals surface area (Å²) in [6, 6.07) is 13.8. The summed E-state index contributed by atoms with van der Waals surface area (Å²) in [5.41, 5.74) is 1.65. The van der Waals surface area contributed by atoms with Crippen molar-refractivity contribution in [3.8, 4) is 0 Å². The van der Waals surface area contributed by atoms with E-state index in [4.69, 9.17) is 4.74 Å². The molecule has 1 aromatic carbocycles. The number of esters is 1. The third kappa shape index (κ3) is 3.57. The maximum atomic E-state index is 11.5. The number of benzene rings is 1. The molecular weight excluding hydrogens is 252 g/mol. The second kappa shape index (κ2) is 6.70. The van der Waals surface area contributed by atoms with Gasteiger partial charge in [-0.25, -0.2) is 9.78 Å². The van der Waals surface area contributed by atoms with Gasteiger partial charge >= 0.3 is 5.97 Å². The number of rotatable bonds is 5. The lowest BCUT2D eigenvalue weighted by Crippen LogP contribution is -2.09. The molecular formula is C16H18N2O2. The van der Waals surface area contributed by atoms with Crippen molar-refractivity contribution in [3.63, 3.8) is 0 Å². The van der Waals surface area contributed by atoms with Crippen molar-refractivity contribution in [1.29, 1.82) is 0 Å². The zero-order chi connectivity index (χ0) is 14.4. The van der Waals surface area contributed by atoms with Gasteiger partial charge in [-0.1, -0.05) is 30.3 Å². The molecule has 2 aromatic rings. The SMILES string of the molecule is CCOC(=O)c1ccc(NC(C)c2ccccc2)nc1. The third-order valence-corrected chi connectivity index (χ3v) is 2.94. The number of nitrogens with one attached hydrogen (secondary N) is 1. The molecule has 0 amide bonds. The van der Waals surface area contributed by atoms with E-state index in [1.165, 1.54) is 11.8 Å². The largest absolute Gasteiger partial charge is 0.462 e. The van der Waals surface area contributed by atoms with Crippen molar-refractivity contribution in [1.82, 2.24) is 4.98 Å². The Kier molecular flexibility index (Phi) is 4.71. The molecule has 20 heavy (non-hydrogen) atoms. The second-order valence-corrected chi connectivity index (χ2v) is 4.43. The summed E-state index contributed by atoms with van der Waals surface area (Å²) in [4.78, 5) is 15.8. The number of hydrogen-bond acceptors (Lipinski definition) is 4. The zero-order valence-corrected chi connectivity index (χ0v) is 11.7. The van der Waals surface area contributed by atoms with Crippen LogP contribution in [0.4, 0.5) is 5.82 Å². The molecule has 0 bridgehead atoms. The average Bonchev–Trinajstić information content (AvgIpc) is 2.49. The molecule has 1 unspecified atom stereocenters. The molecule has 0 saturated heterocycles. The van der Waals surface area contributed by atoms with E-state index in [9.17, 15) is 4.79 Å². The lowest BCUT2D eigenvalue weighted by molar-refractivity contribution is 0.0526. The zero-order valence-electron chi connectivity index (χ0n) is 11.7. The van der Waals surface area contributed by atoms with Crippen LogP contribution >= 0.6 is 0 Å². The first-order chi connectivity index (χ1) is 9.70. The highest BCUT2D eigenvalue weighted by molar-refractivity contribution is 5.89. The van der Waals surface area contributed by atoms with Crippen LogP contribution in [0.15, 0.2) is 48.7 Å². The van der Waals surface area contributed by atoms with Crippen molar-refractivity contribution in [3.05, 3.63) is 59.8 Å². The predicted molar refractivity (Wildman–Crippen MR) is 78.7 cm³/mol. The Morgan fingerprint density at radius 1 is 1.25 bits per heavy atom. The van der Waals surface area contributed by atoms with Crippen LogP contribution in [0.2, 0.25) is 0 Å². The number of ether oxygens (including phenoxy) is 1. The summed E-state index contributed by atoms with van der Waals surface area (Å²) in [6.45, 7) is 4.21. The predicted octanol–water partition coefficient (Wildman–Crippen LogP) is 3.43. The van der Waals surface area contributed by atoms with Crippen LogP contribution in [0.25, 0.3) is 0 Å². The van der Waals surface area contributed by atoms with Crippen molar-refractivity contribution in [2.24, 2.45) is 0 Å². The normalized spacial score (nSPS) is 11.7. The number of aromatic nitrogens is 1. The molecule has 1 atom stereocenters. The Hall–Kier alpha value is -2.36. The Balaban J connectivity index is 2.02. The lowest BCUT2D eigenvalue weighted by Gasteiger charge is -2.14. The van der Waals surface area contributed by atoms with Crippen LogP contribution in [0.5, 0.6) is 0 Å². The van der Waals surface area contributed by atoms with Gasteiger partial charge in [0.05, 0.1) is 12.2 Å². The first-order valence-corrected chi connectivity index (χ1v) is 6.65. The average molecular weight is 270 g/mol. The third-order valence-electron chi connectivity index (χ3n) is 2.94. The number of carbonyl (C=O) groups excluding carboxylic acids is 1. The maximum Gasteiger partial charge on any atom is 0.339 e. The van der Waals surface area contributed by atoms with Crippen molar-refractivity contribution in [2.75, 3.05) is 11.9 Å². The van der Waals surface area contributed by atoms with Crippen LogP contribution in [0.3, 0.4) is 0 Å². The standard InChI is InChI=1S/C16H18N2O2/c1-3-20-16(19)14-9-10-15(17-11-14)18-12(2)13-7-5-4-6-8-13/h4-12H,3H2,1-2H3,(H,17,18). The smallest absolute Gasteiger partial charge is 0.339 e. The van der Waals surface area contributed by atoms with E-state index in [1.54, 1.807) is 19.1 Å². The van der Waals surface area contributed by atoms with Gasteiger partial charge in [-0.05, 0) is 31.5 Å². The van der Waals surface area contributed by atoms with Gasteiger partial charge in [0.2, 0.25) is 0 Å². The molecule has 1 aromatic heterocycles. The molecule has 0 saturated carbocycles. The van der Waals surface area contributed by atoms with Crippen molar-refractivity contribution < 1.29 is 9.53 Å². The second-order valence-electron chi connectivity index (χ2n) is 4.43. The number of anilines is 1. The molecule has 4 nitrogen and oxygen atoms in total. The molecule has 0 aliphatic heterocycles. The molecule has 4 heteroatoms. The monoisotopic (exact) mass is 270 g/mol. The topological polar surface area (TPSA) is 51.2 Å². The lowest BCUT2D eigenvalue weighted by atomic mass is 10.1. The van der Waals surface area contributed by atoms with Crippen LogP contribution in [-0.4, -0.2) is 17.6 Å². The summed E-state index contributed by atoms with van der Waals surface area (Å²) < 4.78 is 4.92. The van der Waals surface area contributed by atoms with E-state index in [1.807, 2.05) is 18.2 Å². The van der Waals surface area contributed by atoms with Crippen LogP contribution in [0.1, 0.15) is 35.8 Å². The summed E-state index contributed by atoms with van der Waals surface area (Å²) in [7, 11) is 0. The highest BCUT2D eigenvalue weighted by Crippen LogP contribution is 2.17. The fourth-order valence-corrected chi connectivity index (χ4v) is 1.86. The summed E-state index contributed by atoms with van der Waals surface area (Å²) in [6.07, 6.45) is 1.53. The Labute approximate surface area is 118 Å². The highest BCUT2D eigenvalue weighted by Gasteiger charge is 2.08. The fraction of sp³-hybridized carbons (Fsp3) is 0.250. The molecule has 0 radical (unpaired) electrons. The molecule has 1 N–H and O–H groups in total. The number of pyridine rings is 1. The fourth-order valence-electron chi connectivity index (χ4n) is 1.86. The minimum atomic E-state index is -0.345. The van der Waals surface area contributed by atoms with E-state index in [2.05, 4.69) is 29.4 Å². The van der Waals surface area contributed by atoms with E-state index < -0.39 is 0 Å². The minimum absolute atomic E-state index is 0.150. The van der Waals surface area contributed by atoms with Crippen molar-refractivity contribution >= 4 is 11.8 Å². The van der Waals surface area contributed by atoms with Gasteiger partial charge in [0.1, 0.15) is 5.82 Å². The quantitative estimate of drug-likeness (QED) is 0.846. The van der Waals surface area contributed by atoms with Gasteiger partial charge in [0.15, 0.2) is 0 Å². The number of hydrogen-bond donors (Lipinski definition) is 1. The maximum absolute atomic E-state index is 11.5. The molecule has 0 aliphatic carbocycles. The van der Waals surface area contributed by atoms with E-state index in [-0.39, 0.29) is 12.0 Å². The Bertz CT molecular complexity index is 552. The first-order valence-electron chi connectivity index (χ1n) is 6.65. The van der Waals surface area contributed by atoms with Gasteiger partial charge in [-0.15, -0.1) is 0 Å². The van der Waals surface area contributed by atoms with E-state index in [0.717, 1.165) is 5.82 Å². The van der Waals surface area contributed by atoms with Crippen LogP contribution < -0.4 is 5.32 Å². The molecule has 0 aliphatic rings. The van der Waals surface area contributed by atoms with Crippen LogP contribution in [-0.2, 0) is 4.74 Å². The van der Waals surface area contributed by atoms with Gasteiger partial charge in [-0.2, -0.15) is 0 Å². The Morgan fingerprint density at radius 2 is 2.00 bits per heavy atom. The summed E-state index contributed by atoms with van der Waals surface area (Å²) >= 11 is 0. The van der Waals surface area contributed by atoms with Gasteiger partial charge in [0.25, 0.3) is 0 Å². The van der Waals surface area contributed by atoms with E-state index >= 15 is 0 Å². The first kappa shape index (κ1) is 14.1. The van der Waals surface area contributed by atoms with Crippen LogP contribution in [0, 0.1) is 0 Å². The number of carbonyl (C=O) groups is 1.